The normalized spacial score (nSPS) is 19.9. The Balaban J connectivity index is 1.26. The number of piperidine rings is 1. The van der Waals surface area contributed by atoms with Crippen molar-refractivity contribution in [3.8, 4) is 0 Å². The highest BCUT2D eigenvalue weighted by molar-refractivity contribution is 6.31. The summed E-state index contributed by atoms with van der Waals surface area (Å²) in [5.74, 6) is -0.0463. The predicted molar refractivity (Wildman–Crippen MR) is 132 cm³/mol. The van der Waals surface area contributed by atoms with Crippen LogP contribution in [0.3, 0.4) is 0 Å². The number of carbonyl (C=O) groups is 3. The van der Waals surface area contributed by atoms with Gasteiger partial charge >= 0.3 is 0 Å². The lowest BCUT2D eigenvalue weighted by molar-refractivity contribution is -0.133. The van der Waals surface area contributed by atoms with E-state index in [-0.39, 0.29) is 29.7 Å². The van der Waals surface area contributed by atoms with Crippen molar-refractivity contribution >= 4 is 40.7 Å². The van der Waals surface area contributed by atoms with E-state index in [9.17, 15) is 14.4 Å². The summed E-state index contributed by atoms with van der Waals surface area (Å²) in [6, 6.07) is 13.8. The number of rotatable bonds is 5. The van der Waals surface area contributed by atoms with Gasteiger partial charge in [0.1, 0.15) is 0 Å². The van der Waals surface area contributed by atoms with Crippen molar-refractivity contribution in [1.82, 2.24) is 10.2 Å². The number of hydrogen-bond donors (Lipinski definition) is 1. The Hall–Kier alpha value is -3.06. The molecule has 3 amide bonds. The highest BCUT2D eigenvalue weighted by Crippen LogP contribution is 2.40. The van der Waals surface area contributed by atoms with Gasteiger partial charge in [-0.25, -0.2) is 0 Å². The summed E-state index contributed by atoms with van der Waals surface area (Å²) in [4.78, 5) is 43.6. The van der Waals surface area contributed by atoms with Crippen LogP contribution in [0.15, 0.2) is 42.5 Å². The molecule has 3 heterocycles. The molecule has 0 spiro atoms. The third-order valence-electron chi connectivity index (χ3n) is 7.17. The predicted octanol–water partition coefficient (Wildman–Crippen LogP) is 2.96. The van der Waals surface area contributed by atoms with Gasteiger partial charge < -0.3 is 20.0 Å². The van der Waals surface area contributed by atoms with Crippen LogP contribution >= 0.6 is 11.6 Å². The van der Waals surface area contributed by atoms with Crippen LogP contribution in [0.1, 0.15) is 36.8 Å². The third kappa shape index (κ3) is 4.25. The lowest BCUT2D eigenvalue weighted by Crippen LogP contribution is -2.49. The molecule has 1 N–H and O–H groups in total. The van der Waals surface area contributed by atoms with Crippen LogP contribution in [0.4, 0.5) is 11.4 Å². The van der Waals surface area contributed by atoms with Gasteiger partial charge in [0.05, 0.1) is 12.3 Å². The van der Waals surface area contributed by atoms with Crippen LogP contribution < -0.4 is 15.1 Å². The van der Waals surface area contributed by atoms with Crippen molar-refractivity contribution in [3.63, 3.8) is 0 Å². The van der Waals surface area contributed by atoms with E-state index >= 15 is 0 Å². The highest BCUT2D eigenvalue weighted by Gasteiger charge is 2.39. The van der Waals surface area contributed by atoms with E-state index in [0.29, 0.717) is 44.2 Å². The Morgan fingerprint density at radius 2 is 1.85 bits per heavy atom. The van der Waals surface area contributed by atoms with Crippen LogP contribution in [-0.4, -0.2) is 61.4 Å². The van der Waals surface area contributed by atoms with Crippen molar-refractivity contribution in [2.45, 2.75) is 38.1 Å². The van der Waals surface area contributed by atoms with Crippen LogP contribution in [0.25, 0.3) is 0 Å². The molecule has 8 heteroatoms. The highest BCUT2D eigenvalue weighted by atomic mass is 35.5. The van der Waals surface area contributed by atoms with Crippen molar-refractivity contribution < 1.29 is 14.4 Å². The first kappa shape index (κ1) is 22.7. The number of fused-ring (bicyclic) bond motifs is 2. The molecule has 1 saturated heterocycles. The van der Waals surface area contributed by atoms with Gasteiger partial charge in [-0.15, -0.1) is 0 Å². The van der Waals surface area contributed by atoms with E-state index in [2.05, 4.69) is 10.2 Å². The fourth-order valence-corrected chi connectivity index (χ4v) is 5.70. The minimum atomic E-state index is -0.254. The molecular formula is C26H29ClN4O3. The second kappa shape index (κ2) is 9.29. The molecule has 2 aromatic rings. The molecule has 1 atom stereocenters. The summed E-state index contributed by atoms with van der Waals surface area (Å²) in [5.41, 5.74) is 4.06. The number of anilines is 2. The third-order valence-corrected chi connectivity index (χ3v) is 7.40. The first-order valence-electron chi connectivity index (χ1n) is 11.9. The number of amides is 3. The zero-order chi connectivity index (χ0) is 23.8. The fourth-order valence-electron chi connectivity index (χ4n) is 5.54. The number of hydrogen-bond acceptors (Lipinski definition) is 4. The number of likely N-dealkylation sites (tertiary alicyclic amines) is 1. The summed E-state index contributed by atoms with van der Waals surface area (Å²) < 4.78 is 0. The molecular weight excluding hydrogens is 452 g/mol. The Morgan fingerprint density at radius 3 is 2.62 bits per heavy atom. The smallest absolute Gasteiger partial charge is 0.231 e. The van der Waals surface area contributed by atoms with E-state index in [1.54, 1.807) is 0 Å². The maximum atomic E-state index is 13.6. The van der Waals surface area contributed by atoms with E-state index in [1.807, 2.05) is 52.3 Å². The van der Waals surface area contributed by atoms with Gasteiger partial charge in [-0.1, -0.05) is 35.9 Å². The average molecular weight is 481 g/mol. The summed E-state index contributed by atoms with van der Waals surface area (Å²) in [5, 5.41) is 3.46. The zero-order valence-electron chi connectivity index (χ0n) is 19.3. The molecule has 0 bridgehead atoms. The van der Waals surface area contributed by atoms with E-state index in [1.165, 1.54) is 6.92 Å². The summed E-state index contributed by atoms with van der Waals surface area (Å²) in [6.07, 6.45) is 2.02. The first-order chi connectivity index (χ1) is 16.4. The topological polar surface area (TPSA) is 73.0 Å². The lowest BCUT2D eigenvalue weighted by atomic mass is 9.97. The number of nitrogens with zero attached hydrogens (tertiary/aromatic N) is 3. The van der Waals surface area contributed by atoms with Crippen molar-refractivity contribution in [3.05, 3.63) is 58.6 Å². The molecule has 5 rings (SSSR count). The van der Waals surface area contributed by atoms with Crippen LogP contribution in [-0.2, 0) is 20.8 Å². The minimum Gasteiger partial charge on any atom is -0.368 e. The Morgan fingerprint density at radius 1 is 1.09 bits per heavy atom. The average Bonchev–Trinajstić information content (AvgIpc) is 3.35. The molecule has 2 aromatic carbocycles. The second-order valence-electron chi connectivity index (χ2n) is 9.31. The van der Waals surface area contributed by atoms with Gasteiger partial charge in [0.15, 0.2) is 0 Å². The standard InChI is InChI=1S/C26H29ClN4O3/c1-17(32)28-10-13-30-16-22(21-7-6-19(27)15-24(21)30)26(34)29-11-8-20(9-12-29)31-23-5-3-2-4-18(23)14-25(31)33/h2-7,15,20,22H,8-14,16H2,1H3,(H,28,32). The maximum absolute atomic E-state index is 13.6. The molecule has 3 aliphatic rings. The Labute approximate surface area is 204 Å². The maximum Gasteiger partial charge on any atom is 0.231 e. The summed E-state index contributed by atoms with van der Waals surface area (Å²) >= 11 is 6.25. The number of halogens is 1. The van der Waals surface area contributed by atoms with Crippen molar-refractivity contribution in [1.29, 1.82) is 0 Å². The van der Waals surface area contributed by atoms with E-state index in [0.717, 1.165) is 35.3 Å². The number of nitrogens with one attached hydrogen (secondary N) is 1. The molecule has 7 nitrogen and oxygen atoms in total. The number of benzene rings is 2. The van der Waals surface area contributed by atoms with Crippen LogP contribution in [0.2, 0.25) is 5.02 Å². The monoisotopic (exact) mass is 480 g/mol. The lowest BCUT2D eigenvalue weighted by Gasteiger charge is -2.38. The Bertz CT molecular complexity index is 1130. The molecule has 0 aromatic heterocycles. The van der Waals surface area contributed by atoms with Gasteiger partial charge in [0, 0.05) is 62.1 Å². The van der Waals surface area contributed by atoms with Gasteiger partial charge in [0.25, 0.3) is 0 Å². The molecule has 34 heavy (non-hydrogen) atoms. The van der Waals surface area contributed by atoms with Gasteiger partial charge in [-0.3, -0.25) is 14.4 Å². The molecule has 0 saturated carbocycles. The van der Waals surface area contributed by atoms with Crippen LogP contribution in [0, 0.1) is 0 Å². The quantitative estimate of drug-likeness (QED) is 0.714. The molecule has 1 fully saturated rings. The van der Waals surface area contributed by atoms with Gasteiger partial charge in [-0.05, 0) is 42.2 Å². The molecule has 178 valence electrons. The second-order valence-corrected chi connectivity index (χ2v) is 9.75. The van der Waals surface area contributed by atoms with Gasteiger partial charge in [-0.2, -0.15) is 0 Å². The molecule has 1 unspecified atom stereocenters. The van der Waals surface area contributed by atoms with Crippen molar-refractivity contribution in [2.24, 2.45) is 0 Å². The Kier molecular flexibility index (Phi) is 6.21. The number of para-hydroxylation sites is 1. The van der Waals surface area contributed by atoms with Crippen LogP contribution in [0.5, 0.6) is 0 Å². The fraction of sp³-hybridized carbons (Fsp3) is 0.423. The first-order valence-corrected chi connectivity index (χ1v) is 12.3. The van der Waals surface area contributed by atoms with Crippen molar-refractivity contribution in [2.75, 3.05) is 42.5 Å². The number of carbonyl (C=O) groups excluding carboxylic acids is 3. The summed E-state index contributed by atoms with van der Waals surface area (Å²) in [7, 11) is 0. The molecule has 3 aliphatic heterocycles. The van der Waals surface area contributed by atoms with E-state index < -0.39 is 0 Å². The zero-order valence-corrected chi connectivity index (χ0v) is 20.1. The summed E-state index contributed by atoms with van der Waals surface area (Å²) in [6.45, 7) is 4.49. The minimum absolute atomic E-state index is 0.0693. The SMILES string of the molecule is CC(=O)NCCN1CC(C(=O)N2CCC(N3C(=O)Cc4ccccc43)CC2)c2ccc(Cl)cc21. The molecule has 0 aliphatic carbocycles. The van der Waals surface area contributed by atoms with Gasteiger partial charge in [0.2, 0.25) is 17.7 Å². The van der Waals surface area contributed by atoms with E-state index in [4.69, 9.17) is 11.6 Å². The molecule has 0 radical (unpaired) electrons. The largest absolute Gasteiger partial charge is 0.368 e.